The lowest BCUT2D eigenvalue weighted by Gasteiger charge is -2.06. The van der Waals surface area contributed by atoms with E-state index in [1.807, 2.05) is 0 Å². The Labute approximate surface area is 109 Å². The number of hydrogen-bond acceptors (Lipinski definition) is 3. The van der Waals surface area contributed by atoms with Crippen molar-refractivity contribution in [2.75, 3.05) is 7.11 Å². The van der Waals surface area contributed by atoms with E-state index in [0.29, 0.717) is 16.4 Å². The maximum atomic E-state index is 11.2. The van der Waals surface area contributed by atoms with E-state index in [1.54, 1.807) is 31.2 Å². The van der Waals surface area contributed by atoms with Crippen molar-refractivity contribution >= 4 is 17.6 Å². The molecule has 0 amide bonds. The molecular formula is C12H11ClN2O3. The van der Waals surface area contributed by atoms with Crippen molar-refractivity contribution in [1.82, 2.24) is 9.78 Å². The van der Waals surface area contributed by atoms with Crippen LogP contribution in [0.2, 0.25) is 5.02 Å². The van der Waals surface area contributed by atoms with Gasteiger partial charge in [0.05, 0.1) is 18.5 Å². The number of carbonyl (C=O) groups is 1. The highest BCUT2D eigenvalue weighted by Crippen LogP contribution is 2.26. The molecule has 0 saturated heterocycles. The molecule has 2 aromatic rings. The lowest BCUT2D eigenvalue weighted by molar-refractivity contribution is 0.0692. The van der Waals surface area contributed by atoms with Gasteiger partial charge in [0.1, 0.15) is 5.56 Å². The van der Waals surface area contributed by atoms with Crippen molar-refractivity contribution in [3.63, 3.8) is 0 Å². The van der Waals surface area contributed by atoms with E-state index in [9.17, 15) is 4.79 Å². The summed E-state index contributed by atoms with van der Waals surface area (Å²) in [7, 11) is 1.41. The van der Waals surface area contributed by atoms with Crippen LogP contribution < -0.4 is 4.74 Å². The van der Waals surface area contributed by atoms with Gasteiger partial charge in [-0.25, -0.2) is 9.48 Å². The molecule has 2 rings (SSSR count). The standard InChI is InChI=1S/C12H11ClN2O3/c1-7-10(12(16)17)11(18-2)15(14-7)9-5-3-4-8(13)6-9/h3-6H,1-2H3,(H,16,17). The number of ether oxygens (including phenoxy) is 1. The van der Waals surface area contributed by atoms with Gasteiger partial charge in [-0.1, -0.05) is 17.7 Å². The maximum Gasteiger partial charge on any atom is 0.343 e. The zero-order valence-corrected chi connectivity index (χ0v) is 10.6. The molecule has 0 radical (unpaired) electrons. The van der Waals surface area contributed by atoms with E-state index in [2.05, 4.69) is 5.10 Å². The maximum absolute atomic E-state index is 11.2. The first-order valence-corrected chi connectivity index (χ1v) is 5.55. The summed E-state index contributed by atoms with van der Waals surface area (Å²) in [4.78, 5) is 11.2. The van der Waals surface area contributed by atoms with Gasteiger partial charge in [0.25, 0.3) is 0 Å². The normalized spacial score (nSPS) is 10.4. The molecule has 0 aliphatic carbocycles. The predicted octanol–water partition coefficient (Wildman–Crippen LogP) is 2.54. The average Bonchev–Trinajstić information content (AvgIpc) is 2.66. The molecule has 0 aliphatic heterocycles. The third-order valence-electron chi connectivity index (χ3n) is 2.48. The van der Waals surface area contributed by atoms with Crippen LogP contribution in [0, 0.1) is 6.92 Å². The summed E-state index contributed by atoms with van der Waals surface area (Å²) in [5.74, 6) is -0.889. The van der Waals surface area contributed by atoms with Crippen LogP contribution in [-0.2, 0) is 0 Å². The minimum Gasteiger partial charge on any atom is -0.480 e. The van der Waals surface area contributed by atoms with Gasteiger partial charge in [0, 0.05) is 5.02 Å². The first-order chi connectivity index (χ1) is 8.54. The van der Waals surface area contributed by atoms with Crippen molar-refractivity contribution in [2.45, 2.75) is 6.92 Å². The SMILES string of the molecule is COc1c(C(=O)O)c(C)nn1-c1cccc(Cl)c1. The van der Waals surface area contributed by atoms with E-state index >= 15 is 0 Å². The van der Waals surface area contributed by atoms with Crippen molar-refractivity contribution in [3.05, 3.63) is 40.5 Å². The highest BCUT2D eigenvalue weighted by Gasteiger charge is 2.22. The smallest absolute Gasteiger partial charge is 0.343 e. The second-order valence-corrected chi connectivity index (χ2v) is 4.10. The van der Waals surface area contributed by atoms with E-state index in [1.165, 1.54) is 11.8 Å². The van der Waals surface area contributed by atoms with Crippen molar-refractivity contribution in [1.29, 1.82) is 0 Å². The molecule has 1 N–H and O–H groups in total. The Hall–Kier alpha value is -2.01. The third-order valence-corrected chi connectivity index (χ3v) is 2.71. The van der Waals surface area contributed by atoms with E-state index < -0.39 is 5.97 Å². The number of carboxylic acids is 1. The highest BCUT2D eigenvalue weighted by atomic mass is 35.5. The highest BCUT2D eigenvalue weighted by molar-refractivity contribution is 6.30. The molecule has 94 valence electrons. The molecule has 0 fully saturated rings. The summed E-state index contributed by atoms with van der Waals surface area (Å²) in [5, 5.41) is 13.8. The van der Waals surface area contributed by atoms with Crippen LogP contribution >= 0.6 is 11.6 Å². The van der Waals surface area contributed by atoms with Gasteiger partial charge >= 0.3 is 5.97 Å². The molecule has 0 aliphatic rings. The fraction of sp³-hybridized carbons (Fsp3) is 0.167. The second-order valence-electron chi connectivity index (χ2n) is 3.67. The van der Waals surface area contributed by atoms with Crippen LogP contribution in [0.3, 0.4) is 0 Å². The van der Waals surface area contributed by atoms with E-state index in [0.717, 1.165) is 0 Å². The number of benzene rings is 1. The van der Waals surface area contributed by atoms with Gasteiger partial charge in [-0.05, 0) is 25.1 Å². The molecule has 0 unspecified atom stereocenters. The lowest BCUT2D eigenvalue weighted by atomic mass is 10.2. The summed E-state index contributed by atoms with van der Waals surface area (Å²) in [5.41, 5.74) is 1.09. The van der Waals surface area contributed by atoms with Gasteiger partial charge in [-0.2, -0.15) is 5.10 Å². The van der Waals surface area contributed by atoms with Crippen LogP contribution in [0.1, 0.15) is 16.1 Å². The zero-order chi connectivity index (χ0) is 13.3. The van der Waals surface area contributed by atoms with Crippen LogP contribution in [0.25, 0.3) is 5.69 Å². The minimum atomic E-state index is -1.07. The van der Waals surface area contributed by atoms with Crippen molar-refractivity contribution in [2.24, 2.45) is 0 Å². The van der Waals surface area contributed by atoms with E-state index in [-0.39, 0.29) is 11.4 Å². The van der Waals surface area contributed by atoms with Crippen LogP contribution in [0.15, 0.2) is 24.3 Å². The Balaban J connectivity index is 2.65. The number of aryl methyl sites for hydroxylation is 1. The Morgan fingerprint density at radius 2 is 2.22 bits per heavy atom. The number of hydrogen-bond donors (Lipinski definition) is 1. The summed E-state index contributed by atoms with van der Waals surface area (Å²) in [6.45, 7) is 1.62. The Kier molecular flexibility index (Phi) is 3.25. The van der Waals surface area contributed by atoms with Crippen molar-refractivity contribution < 1.29 is 14.6 Å². The summed E-state index contributed by atoms with van der Waals surface area (Å²) >= 11 is 5.90. The number of aromatic carboxylic acids is 1. The molecule has 0 saturated carbocycles. The fourth-order valence-corrected chi connectivity index (χ4v) is 1.91. The quantitative estimate of drug-likeness (QED) is 0.927. The van der Waals surface area contributed by atoms with Gasteiger partial charge in [0.2, 0.25) is 5.88 Å². The Morgan fingerprint density at radius 1 is 1.50 bits per heavy atom. The lowest BCUT2D eigenvalue weighted by Crippen LogP contribution is -2.03. The molecular weight excluding hydrogens is 256 g/mol. The largest absolute Gasteiger partial charge is 0.480 e. The molecule has 0 atom stereocenters. The van der Waals surface area contributed by atoms with Gasteiger partial charge in [-0.3, -0.25) is 0 Å². The van der Waals surface area contributed by atoms with Crippen molar-refractivity contribution in [3.8, 4) is 11.6 Å². The van der Waals surface area contributed by atoms with Gasteiger partial charge in [-0.15, -0.1) is 0 Å². The fourth-order valence-electron chi connectivity index (χ4n) is 1.72. The summed E-state index contributed by atoms with van der Waals surface area (Å²) in [6, 6.07) is 6.94. The number of methoxy groups -OCH3 is 1. The first-order valence-electron chi connectivity index (χ1n) is 5.17. The first kappa shape index (κ1) is 12.4. The molecule has 6 heteroatoms. The molecule has 0 spiro atoms. The number of halogens is 1. The van der Waals surface area contributed by atoms with Gasteiger partial charge in [0.15, 0.2) is 0 Å². The van der Waals surface area contributed by atoms with Gasteiger partial charge < -0.3 is 9.84 Å². The third kappa shape index (κ3) is 2.04. The molecule has 5 nitrogen and oxygen atoms in total. The topological polar surface area (TPSA) is 64.3 Å². The number of nitrogens with zero attached hydrogens (tertiary/aromatic N) is 2. The second kappa shape index (κ2) is 4.70. The Bertz CT molecular complexity index is 607. The number of aromatic nitrogens is 2. The van der Waals surface area contributed by atoms with E-state index in [4.69, 9.17) is 21.4 Å². The Morgan fingerprint density at radius 3 is 2.78 bits per heavy atom. The van der Waals surface area contributed by atoms with Crippen LogP contribution in [-0.4, -0.2) is 28.0 Å². The number of rotatable bonds is 3. The van der Waals surface area contributed by atoms with Crippen LogP contribution in [0.5, 0.6) is 5.88 Å². The molecule has 0 bridgehead atoms. The molecule has 1 aromatic heterocycles. The molecule has 1 aromatic carbocycles. The van der Waals surface area contributed by atoms with Crippen LogP contribution in [0.4, 0.5) is 0 Å². The number of carboxylic acid groups (broad SMARTS) is 1. The molecule has 1 heterocycles. The molecule has 18 heavy (non-hydrogen) atoms. The summed E-state index contributed by atoms with van der Waals surface area (Å²) in [6.07, 6.45) is 0. The zero-order valence-electron chi connectivity index (χ0n) is 9.85. The minimum absolute atomic E-state index is 0.0532. The monoisotopic (exact) mass is 266 g/mol. The predicted molar refractivity (Wildman–Crippen MR) is 66.8 cm³/mol. The average molecular weight is 267 g/mol. The summed E-state index contributed by atoms with van der Waals surface area (Å²) < 4.78 is 6.55.